The lowest BCUT2D eigenvalue weighted by molar-refractivity contribution is 0.169. The van der Waals surface area contributed by atoms with Crippen LogP contribution in [0.2, 0.25) is 0 Å². The Balaban J connectivity index is 1.51. The number of hydrogen-bond acceptors (Lipinski definition) is 3. The van der Waals surface area contributed by atoms with Crippen molar-refractivity contribution in [3.8, 4) is 0 Å². The molecule has 2 aliphatic carbocycles. The number of fused-ring (bicyclic) bond motifs is 1. The van der Waals surface area contributed by atoms with Crippen LogP contribution in [0.15, 0.2) is 23.1 Å². The fourth-order valence-electron chi connectivity index (χ4n) is 2.95. The quantitative estimate of drug-likeness (QED) is 0.757. The van der Waals surface area contributed by atoms with Crippen LogP contribution in [0.4, 0.5) is 0 Å². The van der Waals surface area contributed by atoms with E-state index in [-0.39, 0.29) is 12.1 Å². The molecule has 0 spiro atoms. The van der Waals surface area contributed by atoms with Crippen molar-refractivity contribution in [3.05, 3.63) is 29.3 Å². The van der Waals surface area contributed by atoms with Crippen LogP contribution in [0.25, 0.3) is 0 Å². The van der Waals surface area contributed by atoms with Crippen molar-refractivity contribution in [1.29, 1.82) is 0 Å². The molecule has 0 aliphatic heterocycles. The Hall–Kier alpha value is -0.510. The molecule has 2 nitrogen and oxygen atoms in total. The summed E-state index contributed by atoms with van der Waals surface area (Å²) in [5.41, 5.74) is 2.99. The maximum Gasteiger partial charge on any atom is 0.0610 e. The minimum Gasteiger partial charge on any atom is -0.394 e. The number of aryl methyl sites for hydroxylation is 2. The molecule has 0 bridgehead atoms. The van der Waals surface area contributed by atoms with E-state index in [2.05, 4.69) is 30.4 Å². The van der Waals surface area contributed by atoms with Crippen LogP contribution in [0, 0.1) is 0 Å². The molecule has 110 valence electrons. The van der Waals surface area contributed by atoms with Gasteiger partial charge in [0.05, 0.1) is 6.61 Å². The lowest BCUT2D eigenvalue weighted by Gasteiger charge is -2.29. The summed E-state index contributed by atoms with van der Waals surface area (Å²) in [4.78, 5) is 1.39. The summed E-state index contributed by atoms with van der Waals surface area (Å²) in [6, 6.07) is 7.59. The molecule has 1 unspecified atom stereocenters. The predicted molar refractivity (Wildman–Crippen MR) is 85.5 cm³/mol. The Bertz CT molecular complexity index is 472. The normalized spacial score (nSPS) is 20.7. The van der Waals surface area contributed by atoms with Gasteiger partial charge >= 0.3 is 0 Å². The van der Waals surface area contributed by atoms with Crippen LogP contribution in [0.1, 0.15) is 43.7 Å². The van der Waals surface area contributed by atoms with Crippen LogP contribution in [0.3, 0.4) is 0 Å². The lowest BCUT2D eigenvalue weighted by Crippen LogP contribution is -2.47. The highest BCUT2D eigenvalue weighted by molar-refractivity contribution is 7.99. The molecule has 1 fully saturated rings. The van der Waals surface area contributed by atoms with Crippen molar-refractivity contribution >= 4 is 11.8 Å². The average molecular weight is 291 g/mol. The van der Waals surface area contributed by atoms with Gasteiger partial charge in [-0.25, -0.2) is 0 Å². The van der Waals surface area contributed by atoms with Gasteiger partial charge in [0.1, 0.15) is 0 Å². The molecular formula is C17H25NOS. The predicted octanol–water partition coefficient (Wildman–Crippen LogP) is 3.16. The highest BCUT2D eigenvalue weighted by atomic mass is 32.2. The summed E-state index contributed by atoms with van der Waals surface area (Å²) in [7, 11) is 0. The fourth-order valence-corrected chi connectivity index (χ4v) is 4.13. The lowest BCUT2D eigenvalue weighted by atomic mass is 10.0. The molecule has 2 aliphatic rings. The molecule has 1 aromatic carbocycles. The van der Waals surface area contributed by atoms with Gasteiger partial charge in [0.15, 0.2) is 0 Å². The Morgan fingerprint density at radius 1 is 1.30 bits per heavy atom. The molecule has 0 saturated heterocycles. The summed E-state index contributed by atoms with van der Waals surface area (Å²) >= 11 is 1.93. The van der Waals surface area contributed by atoms with Crippen molar-refractivity contribution in [3.63, 3.8) is 0 Å². The van der Waals surface area contributed by atoms with Crippen molar-refractivity contribution in [1.82, 2.24) is 5.32 Å². The van der Waals surface area contributed by atoms with E-state index < -0.39 is 0 Å². The smallest absolute Gasteiger partial charge is 0.0610 e. The largest absolute Gasteiger partial charge is 0.394 e. The van der Waals surface area contributed by atoms with Crippen LogP contribution in [-0.2, 0) is 12.8 Å². The number of thioether (sulfide) groups is 1. The highest BCUT2D eigenvalue weighted by Crippen LogP contribution is 2.30. The standard InChI is InChI=1S/C17H25NOS/c1-17(12-19,18-15-6-7-15)9-10-20-16-8-5-13-3-2-4-14(13)11-16/h5,8,11,15,18-19H,2-4,6-7,9-10,12H2,1H3. The van der Waals surface area contributed by atoms with Crippen molar-refractivity contribution in [2.75, 3.05) is 12.4 Å². The van der Waals surface area contributed by atoms with Crippen molar-refractivity contribution in [2.24, 2.45) is 0 Å². The summed E-state index contributed by atoms with van der Waals surface area (Å²) in [6.45, 7) is 2.38. The minimum absolute atomic E-state index is 0.106. The first-order chi connectivity index (χ1) is 9.68. The topological polar surface area (TPSA) is 32.3 Å². The molecule has 0 aromatic heterocycles. The molecule has 1 saturated carbocycles. The maximum absolute atomic E-state index is 9.61. The van der Waals surface area contributed by atoms with E-state index in [1.54, 1.807) is 11.1 Å². The summed E-state index contributed by atoms with van der Waals surface area (Å²) in [5, 5.41) is 13.2. The first-order valence-corrected chi connectivity index (χ1v) is 8.80. The molecular weight excluding hydrogens is 266 g/mol. The zero-order chi connectivity index (χ0) is 14.0. The van der Waals surface area contributed by atoms with E-state index >= 15 is 0 Å². The van der Waals surface area contributed by atoms with Gasteiger partial charge in [-0.15, -0.1) is 11.8 Å². The third-order valence-electron chi connectivity index (χ3n) is 4.47. The van der Waals surface area contributed by atoms with Crippen LogP contribution < -0.4 is 5.32 Å². The van der Waals surface area contributed by atoms with E-state index in [0.29, 0.717) is 6.04 Å². The zero-order valence-corrected chi connectivity index (χ0v) is 13.1. The van der Waals surface area contributed by atoms with Gasteiger partial charge < -0.3 is 10.4 Å². The molecule has 3 heteroatoms. The third kappa shape index (κ3) is 3.57. The van der Waals surface area contributed by atoms with Gasteiger partial charge in [-0.05, 0) is 74.5 Å². The van der Waals surface area contributed by atoms with Crippen LogP contribution in [0.5, 0.6) is 0 Å². The van der Waals surface area contributed by atoms with Gasteiger partial charge in [0.2, 0.25) is 0 Å². The fraction of sp³-hybridized carbons (Fsp3) is 0.647. The minimum atomic E-state index is -0.106. The summed E-state index contributed by atoms with van der Waals surface area (Å²) in [6.07, 6.45) is 7.38. The average Bonchev–Trinajstić information content (AvgIpc) is 3.13. The van der Waals surface area contributed by atoms with E-state index in [9.17, 15) is 5.11 Å². The van der Waals surface area contributed by atoms with Crippen molar-refractivity contribution in [2.45, 2.75) is 61.9 Å². The van der Waals surface area contributed by atoms with Gasteiger partial charge in [-0.2, -0.15) is 0 Å². The molecule has 20 heavy (non-hydrogen) atoms. The van der Waals surface area contributed by atoms with Gasteiger partial charge in [0.25, 0.3) is 0 Å². The van der Waals surface area contributed by atoms with Gasteiger partial charge in [0, 0.05) is 16.5 Å². The third-order valence-corrected chi connectivity index (χ3v) is 5.47. The van der Waals surface area contributed by atoms with Crippen LogP contribution in [-0.4, -0.2) is 29.0 Å². The highest BCUT2D eigenvalue weighted by Gasteiger charge is 2.31. The number of aliphatic hydroxyl groups excluding tert-OH is 1. The summed E-state index contributed by atoms with van der Waals surface area (Å²) in [5.74, 6) is 1.07. The molecule has 0 amide bonds. The second kappa shape index (κ2) is 6.08. The van der Waals surface area contributed by atoms with Gasteiger partial charge in [-0.3, -0.25) is 0 Å². The molecule has 0 radical (unpaired) electrons. The van der Waals surface area contributed by atoms with Crippen LogP contribution >= 0.6 is 11.8 Å². The van der Waals surface area contributed by atoms with E-state index in [1.807, 2.05) is 11.8 Å². The molecule has 3 rings (SSSR count). The number of nitrogens with one attached hydrogen (secondary N) is 1. The first-order valence-electron chi connectivity index (χ1n) is 7.82. The Kier molecular flexibility index (Phi) is 4.39. The maximum atomic E-state index is 9.61. The van der Waals surface area contributed by atoms with E-state index in [4.69, 9.17) is 0 Å². The Morgan fingerprint density at radius 2 is 2.10 bits per heavy atom. The van der Waals surface area contributed by atoms with E-state index in [1.165, 1.54) is 37.0 Å². The molecule has 1 aromatic rings. The molecule has 1 atom stereocenters. The number of benzene rings is 1. The number of hydrogen-bond donors (Lipinski definition) is 2. The second-order valence-corrected chi connectivity index (χ2v) is 7.69. The number of rotatable bonds is 7. The molecule has 0 heterocycles. The van der Waals surface area contributed by atoms with Gasteiger partial charge in [-0.1, -0.05) is 6.07 Å². The van der Waals surface area contributed by atoms with Crippen molar-refractivity contribution < 1.29 is 5.11 Å². The zero-order valence-electron chi connectivity index (χ0n) is 12.3. The monoisotopic (exact) mass is 291 g/mol. The summed E-state index contributed by atoms with van der Waals surface area (Å²) < 4.78 is 0. The SMILES string of the molecule is CC(CO)(CCSc1ccc2c(c1)CCC2)NC1CC1. The second-order valence-electron chi connectivity index (χ2n) is 6.52. The Labute approximate surface area is 126 Å². The Morgan fingerprint density at radius 3 is 2.85 bits per heavy atom. The number of aliphatic hydroxyl groups is 1. The molecule has 2 N–H and O–H groups in total. The first kappa shape index (κ1) is 14.4. The van der Waals surface area contributed by atoms with E-state index in [0.717, 1.165) is 12.2 Å².